The molecule has 0 spiro atoms. The van der Waals surface area contributed by atoms with Crippen LogP contribution in [0.3, 0.4) is 0 Å². The highest BCUT2D eigenvalue weighted by molar-refractivity contribution is 8.69. The molecule has 0 N–H and O–H groups in total. The van der Waals surface area contributed by atoms with Gasteiger partial charge in [-0.2, -0.15) is 0 Å². The molecule has 0 bridgehead atoms. The van der Waals surface area contributed by atoms with Gasteiger partial charge in [0.25, 0.3) is 0 Å². The minimum Gasteiger partial charge on any atom is -0.364 e. The van der Waals surface area contributed by atoms with Crippen molar-refractivity contribution < 1.29 is 4.74 Å². The van der Waals surface area contributed by atoms with Gasteiger partial charge in [-0.1, -0.05) is 17.7 Å². The number of rotatable bonds is 5. The standard InChI is InChI=1S/C11H23NOS2/c1-4-12-7-5-6-10(8-12)9-13-11(2,3)15-14/h10,14H,4-9H2,1-3H3. The Hall–Kier alpha value is 0.620. The van der Waals surface area contributed by atoms with Crippen LogP contribution < -0.4 is 0 Å². The molecule has 0 amide bonds. The molecule has 0 aromatic rings. The van der Waals surface area contributed by atoms with Crippen LogP contribution in [0.2, 0.25) is 0 Å². The molecule has 1 fully saturated rings. The smallest absolute Gasteiger partial charge is 0.117 e. The van der Waals surface area contributed by atoms with E-state index < -0.39 is 0 Å². The topological polar surface area (TPSA) is 12.5 Å². The highest BCUT2D eigenvalue weighted by Gasteiger charge is 2.23. The second-order valence-corrected chi connectivity index (χ2v) is 6.42. The summed E-state index contributed by atoms with van der Waals surface area (Å²) in [5.41, 5.74) is 0. The van der Waals surface area contributed by atoms with Crippen molar-refractivity contribution in [3.8, 4) is 0 Å². The first-order valence-electron chi connectivity index (χ1n) is 5.76. The molecule has 1 atom stereocenters. The average Bonchev–Trinajstić information content (AvgIpc) is 2.27. The quantitative estimate of drug-likeness (QED) is 0.457. The zero-order chi connectivity index (χ0) is 11.3. The lowest BCUT2D eigenvalue weighted by molar-refractivity contribution is 0.00907. The van der Waals surface area contributed by atoms with Crippen LogP contribution in [0.1, 0.15) is 33.6 Å². The summed E-state index contributed by atoms with van der Waals surface area (Å²) in [6.45, 7) is 10.9. The number of likely N-dealkylation sites (tertiary alicyclic amines) is 1. The van der Waals surface area contributed by atoms with Crippen molar-refractivity contribution in [2.75, 3.05) is 26.2 Å². The van der Waals surface area contributed by atoms with E-state index in [1.54, 1.807) is 0 Å². The van der Waals surface area contributed by atoms with E-state index in [0.717, 1.165) is 6.61 Å². The summed E-state index contributed by atoms with van der Waals surface area (Å²) in [7, 11) is 1.48. The third-order valence-electron chi connectivity index (χ3n) is 2.94. The third-order valence-corrected chi connectivity index (χ3v) is 4.81. The summed E-state index contributed by atoms with van der Waals surface area (Å²) in [5, 5.41) is 0. The maximum absolute atomic E-state index is 5.87. The molecular formula is C11H23NOS2. The van der Waals surface area contributed by atoms with Crippen molar-refractivity contribution in [1.29, 1.82) is 0 Å². The maximum atomic E-state index is 5.87. The summed E-state index contributed by atoms with van der Waals surface area (Å²) in [6.07, 6.45) is 2.63. The van der Waals surface area contributed by atoms with E-state index in [0.29, 0.717) is 5.92 Å². The molecule has 0 aliphatic carbocycles. The second-order valence-electron chi connectivity index (χ2n) is 4.70. The van der Waals surface area contributed by atoms with Crippen LogP contribution in [0, 0.1) is 5.92 Å². The average molecular weight is 249 g/mol. The van der Waals surface area contributed by atoms with Crippen molar-refractivity contribution in [3.63, 3.8) is 0 Å². The van der Waals surface area contributed by atoms with Gasteiger partial charge in [-0.3, -0.25) is 0 Å². The lowest BCUT2D eigenvalue weighted by Gasteiger charge is -2.33. The minimum absolute atomic E-state index is 0.155. The van der Waals surface area contributed by atoms with Gasteiger partial charge >= 0.3 is 0 Å². The van der Waals surface area contributed by atoms with Crippen molar-refractivity contribution in [2.45, 2.75) is 38.5 Å². The molecule has 1 saturated heterocycles. The first kappa shape index (κ1) is 13.7. The molecule has 0 aromatic carbocycles. The summed E-state index contributed by atoms with van der Waals surface area (Å²) < 4.78 is 5.87. The summed E-state index contributed by atoms with van der Waals surface area (Å²) in [6, 6.07) is 0. The Morgan fingerprint density at radius 2 is 2.27 bits per heavy atom. The lowest BCUT2D eigenvalue weighted by Crippen LogP contribution is -2.38. The Labute approximate surface area is 103 Å². The minimum atomic E-state index is -0.155. The molecule has 1 aliphatic heterocycles. The van der Waals surface area contributed by atoms with E-state index in [4.69, 9.17) is 4.74 Å². The number of thiol groups is 1. The molecule has 0 saturated carbocycles. The Balaban J connectivity index is 2.26. The fraction of sp³-hybridized carbons (Fsp3) is 1.00. The molecule has 1 heterocycles. The van der Waals surface area contributed by atoms with Crippen molar-refractivity contribution in [2.24, 2.45) is 5.92 Å². The van der Waals surface area contributed by atoms with Crippen molar-refractivity contribution >= 4 is 22.5 Å². The summed E-state index contributed by atoms with van der Waals surface area (Å²) >= 11 is 4.22. The van der Waals surface area contributed by atoms with E-state index >= 15 is 0 Å². The number of piperidine rings is 1. The first-order valence-corrected chi connectivity index (χ1v) is 7.63. The molecule has 2 nitrogen and oxygen atoms in total. The van der Waals surface area contributed by atoms with Gasteiger partial charge in [-0.25, -0.2) is 0 Å². The highest BCUT2D eigenvalue weighted by atomic mass is 33.1. The second kappa shape index (κ2) is 6.38. The highest BCUT2D eigenvalue weighted by Crippen LogP contribution is 2.30. The summed E-state index contributed by atoms with van der Waals surface area (Å²) in [4.78, 5) is 2.36. The van der Waals surface area contributed by atoms with E-state index in [9.17, 15) is 0 Å². The fourth-order valence-electron chi connectivity index (χ4n) is 1.92. The van der Waals surface area contributed by atoms with Gasteiger partial charge in [0.15, 0.2) is 0 Å². The summed E-state index contributed by atoms with van der Waals surface area (Å²) in [5.74, 6) is 0.707. The van der Waals surface area contributed by atoms with Gasteiger partial charge in [0.2, 0.25) is 0 Å². The van der Waals surface area contributed by atoms with Gasteiger partial charge in [0, 0.05) is 6.54 Å². The third kappa shape index (κ3) is 4.98. The van der Waals surface area contributed by atoms with E-state index in [1.165, 1.54) is 43.3 Å². The van der Waals surface area contributed by atoms with Crippen LogP contribution >= 0.6 is 22.5 Å². The number of ether oxygens (including phenoxy) is 1. The van der Waals surface area contributed by atoms with E-state index in [1.807, 2.05) is 0 Å². The van der Waals surface area contributed by atoms with E-state index in [-0.39, 0.29) is 4.93 Å². The van der Waals surface area contributed by atoms with Crippen molar-refractivity contribution in [3.05, 3.63) is 0 Å². The molecule has 90 valence electrons. The van der Waals surface area contributed by atoms with Gasteiger partial charge in [-0.05, 0) is 45.7 Å². The largest absolute Gasteiger partial charge is 0.364 e. The van der Waals surface area contributed by atoms with Crippen LogP contribution in [-0.4, -0.2) is 36.1 Å². The number of hydrogen-bond donors (Lipinski definition) is 1. The normalized spacial score (nSPS) is 24.4. The van der Waals surface area contributed by atoms with Crippen LogP contribution in [-0.2, 0) is 4.74 Å². The molecule has 0 aromatic heterocycles. The Bertz CT molecular complexity index is 187. The predicted molar refractivity (Wildman–Crippen MR) is 71.4 cm³/mol. The maximum Gasteiger partial charge on any atom is 0.117 e. The Kier molecular flexibility index (Phi) is 5.82. The van der Waals surface area contributed by atoms with Crippen LogP contribution in [0.4, 0.5) is 0 Å². The fourth-order valence-corrected chi connectivity index (χ4v) is 2.20. The molecule has 4 heteroatoms. The number of nitrogens with zero attached hydrogens (tertiary/aromatic N) is 1. The van der Waals surface area contributed by atoms with Gasteiger partial charge in [0.05, 0.1) is 6.61 Å². The zero-order valence-corrected chi connectivity index (χ0v) is 11.7. The molecule has 0 radical (unpaired) electrons. The predicted octanol–water partition coefficient (Wildman–Crippen LogP) is 3.05. The van der Waals surface area contributed by atoms with Gasteiger partial charge < -0.3 is 9.64 Å². The zero-order valence-electron chi connectivity index (χ0n) is 10.0. The Morgan fingerprint density at radius 3 is 2.87 bits per heavy atom. The van der Waals surface area contributed by atoms with Crippen LogP contribution in [0.25, 0.3) is 0 Å². The molecule has 1 unspecified atom stereocenters. The lowest BCUT2D eigenvalue weighted by atomic mass is 9.99. The monoisotopic (exact) mass is 249 g/mol. The Morgan fingerprint density at radius 1 is 1.53 bits per heavy atom. The van der Waals surface area contributed by atoms with Crippen molar-refractivity contribution in [1.82, 2.24) is 4.90 Å². The molecular weight excluding hydrogens is 226 g/mol. The molecule has 1 rings (SSSR count). The van der Waals surface area contributed by atoms with E-state index in [2.05, 4.69) is 37.3 Å². The molecule has 1 aliphatic rings. The first-order chi connectivity index (χ1) is 7.07. The van der Waals surface area contributed by atoms with Gasteiger partial charge in [0.1, 0.15) is 4.93 Å². The van der Waals surface area contributed by atoms with Crippen LogP contribution in [0.5, 0.6) is 0 Å². The van der Waals surface area contributed by atoms with Crippen LogP contribution in [0.15, 0.2) is 0 Å². The SMILES string of the molecule is CCN1CCCC(COC(C)(C)SS)C1. The number of hydrogen-bond acceptors (Lipinski definition) is 4. The van der Waals surface area contributed by atoms with Gasteiger partial charge in [-0.15, -0.1) is 11.7 Å². The molecule has 15 heavy (non-hydrogen) atoms.